The van der Waals surface area contributed by atoms with Gasteiger partial charge in [0, 0.05) is 26.2 Å². The molecule has 0 aromatic carbocycles. The number of likely N-dealkylation sites (N-methyl/N-ethyl adjacent to an activating group) is 1. The number of carboxylic acids is 1. The van der Waals surface area contributed by atoms with Crippen LogP contribution < -0.4 is 5.32 Å². The van der Waals surface area contributed by atoms with Gasteiger partial charge in [-0.25, -0.2) is 4.79 Å². The fraction of sp³-hybridized carbons (Fsp3) is 0.846. The smallest absolute Gasteiger partial charge is 0.317 e. The molecule has 1 aliphatic rings. The van der Waals surface area contributed by atoms with Gasteiger partial charge in [0.25, 0.3) is 0 Å². The predicted molar refractivity (Wildman–Crippen MR) is 71.0 cm³/mol. The predicted octanol–water partition coefficient (Wildman–Crippen LogP) is 1.31. The summed E-state index contributed by atoms with van der Waals surface area (Å²) in [4.78, 5) is 24.6. The van der Waals surface area contributed by atoms with E-state index in [1.165, 1.54) is 0 Å². The lowest BCUT2D eigenvalue weighted by Gasteiger charge is -2.26. The first kappa shape index (κ1) is 15.8. The van der Waals surface area contributed by atoms with Crippen LogP contribution in [0.1, 0.15) is 33.6 Å². The first-order valence-electron chi connectivity index (χ1n) is 6.74. The van der Waals surface area contributed by atoms with E-state index >= 15 is 0 Å². The number of ether oxygens (including phenoxy) is 1. The molecule has 19 heavy (non-hydrogen) atoms. The molecule has 1 aliphatic heterocycles. The zero-order chi connectivity index (χ0) is 14.5. The Morgan fingerprint density at radius 1 is 1.47 bits per heavy atom. The third kappa shape index (κ3) is 4.70. The maximum absolute atomic E-state index is 12.0. The molecule has 0 saturated carbocycles. The molecule has 6 nitrogen and oxygen atoms in total. The van der Waals surface area contributed by atoms with Crippen LogP contribution in [0.5, 0.6) is 0 Å². The Bertz CT molecular complexity index is 325. The maximum Gasteiger partial charge on any atom is 0.317 e. The Balaban J connectivity index is 2.43. The number of carboxylic acid groups (broad SMARTS) is 1. The molecule has 1 fully saturated rings. The number of amides is 2. The van der Waals surface area contributed by atoms with Crippen LogP contribution in [0.3, 0.4) is 0 Å². The number of aliphatic carboxylic acids is 1. The number of urea groups is 1. The molecule has 6 heteroatoms. The van der Waals surface area contributed by atoms with Crippen LogP contribution in [0.4, 0.5) is 4.79 Å². The van der Waals surface area contributed by atoms with Crippen molar-refractivity contribution in [2.75, 3.05) is 26.2 Å². The second-order valence-corrected chi connectivity index (χ2v) is 5.52. The number of nitrogens with zero attached hydrogens (tertiary/aromatic N) is 1. The molecule has 0 aromatic heterocycles. The highest BCUT2D eigenvalue weighted by molar-refractivity contribution is 5.77. The third-order valence-electron chi connectivity index (χ3n) is 3.38. The van der Waals surface area contributed by atoms with Gasteiger partial charge in [-0.1, -0.05) is 0 Å². The van der Waals surface area contributed by atoms with E-state index in [2.05, 4.69) is 5.32 Å². The molecule has 0 bridgehead atoms. The highest BCUT2D eigenvalue weighted by Crippen LogP contribution is 2.15. The molecule has 2 amide bonds. The van der Waals surface area contributed by atoms with E-state index in [9.17, 15) is 9.59 Å². The first-order chi connectivity index (χ1) is 8.86. The monoisotopic (exact) mass is 272 g/mol. The van der Waals surface area contributed by atoms with Crippen LogP contribution in [-0.2, 0) is 9.53 Å². The molecule has 0 aliphatic carbocycles. The topological polar surface area (TPSA) is 78.9 Å². The average molecular weight is 272 g/mol. The Hall–Kier alpha value is -1.30. The molecular formula is C13H24N2O4. The molecule has 1 rings (SSSR count). The lowest BCUT2D eigenvalue weighted by atomic mass is 9.94. The van der Waals surface area contributed by atoms with Crippen molar-refractivity contribution < 1.29 is 19.4 Å². The van der Waals surface area contributed by atoms with Crippen LogP contribution in [0.15, 0.2) is 0 Å². The Morgan fingerprint density at radius 3 is 2.63 bits per heavy atom. The van der Waals surface area contributed by atoms with E-state index in [1.54, 1.807) is 18.7 Å². The maximum atomic E-state index is 12.0. The van der Waals surface area contributed by atoms with Gasteiger partial charge in [0.2, 0.25) is 0 Å². The van der Waals surface area contributed by atoms with Crippen molar-refractivity contribution in [2.45, 2.75) is 39.7 Å². The minimum Gasteiger partial charge on any atom is -0.481 e. The highest BCUT2D eigenvalue weighted by atomic mass is 16.5. The summed E-state index contributed by atoms with van der Waals surface area (Å²) in [5.74, 6) is -0.921. The van der Waals surface area contributed by atoms with Crippen LogP contribution in [0.2, 0.25) is 0 Å². The van der Waals surface area contributed by atoms with E-state index in [0.29, 0.717) is 13.1 Å². The van der Waals surface area contributed by atoms with Gasteiger partial charge < -0.3 is 20.1 Å². The zero-order valence-corrected chi connectivity index (χ0v) is 11.9. The number of hydrogen-bond donors (Lipinski definition) is 2. The summed E-state index contributed by atoms with van der Waals surface area (Å²) in [5, 5.41) is 11.7. The molecule has 1 heterocycles. The summed E-state index contributed by atoms with van der Waals surface area (Å²) in [6.45, 7) is 7.10. The van der Waals surface area contributed by atoms with Crippen LogP contribution >= 0.6 is 0 Å². The largest absolute Gasteiger partial charge is 0.481 e. The second-order valence-electron chi connectivity index (χ2n) is 5.52. The standard InChI is InChI=1S/C13H24N2O4/c1-4-15(8-10-6-5-7-19-10)12(18)14-9-13(2,3)11(16)17/h10H,4-9H2,1-3H3,(H,14,18)(H,16,17). The van der Waals surface area contributed by atoms with Crippen LogP contribution in [0.25, 0.3) is 0 Å². The average Bonchev–Trinajstić information content (AvgIpc) is 2.85. The molecule has 110 valence electrons. The van der Waals surface area contributed by atoms with Crippen molar-refractivity contribution in [3.05, 3.63) is 0 Å². The summed E-state index contributed by atoms with van der Waals surface area (Å²) >= 11 is 0. The van der Waals surface area contributed by atoms with E-state index in [-0.39, 0.29) is 18.7 Å². The highest BCUT2D eigenvalue weighted by Gasteiger charge is 2.29. The van der Waals surface area contributed by atoms with Gasteiger partial charge in [0.15, 0.2) is 0 Å². The van der Waals surface area contributed by atoms with E-state index in [4.69, 9.17) is 9.84 Å². The Kier molecular flexibility index (Phi) is 5.60. The number of nitrogens with one attached hydrogen (secondary N) is 1. The van der Waals surface area contributed by atoms with Gasteiger partial charge in [0.1, 0.15) is 0 Å². The van der Waals surface area contributed by atoms with Crippen molar-refractivity contribution in [1.29, 1.82) is 0 Å². The van der Waals surface area contributed by atoms with E-state index in [1.807, 2.05) is 6.92 Å². The third-order valence-corrected chi connectivity index (χ3v) is 3.38. The molecule has 1 atom stereocenters. The van der Waals surface area contributed by atoms with Crippen LogP contribution in [0, 0.1) is 5.41 Å². The van der Waals surface area contributed by atoms with Gasteiger partial charge in [-0.15, -0.1) is 0 Å². The van der Waals surface area contributed by atoms with Gasteiger partial charge in [-0.2, -0.15) is 0 Å². The van der Waals surface area contributed by atoms with Crippen molar-refractivity contribution in [3.8, 4) is 0 Å². The molecule has 0 aromatic rings. The number of carbonyl (C=O) groups is 2. The van der Waals surface area contributed by atoms with Crippen LogP contribution in [-0.4, -0.2) is 54.4 Å². The van der Waals surface area contributed by atoms with Crippen molar-refractivity contribution in [1.82, 2.24) is 10.2 Å². The molecule has 2 N–H and O–H groups in total. The minimum absolute atomic E-state index is 0.109. The normalized spacial score (nSPS) is 19.2. The van der Waals surface area contributed by atoms with E-state index < -0.39 is 11.4 Å². The van der Waals surface area contributed by atoms with Crippen molar-refractivity contribution in [3.63, 3.8) is 0 Å². The summed E-state index contributed by atoms with van der Waals surface area (Å²) in [6.07, 6.45) is 2.12. The fourth-order valence-electron chi connectivity index (χ4n) is 1.87. The van der Waals surface area contributed by atoms with Crippen molar-refractivity contribution >= 4 is 12.0 Å². The lowest BCUT2D eigenvalue weighted by Crippen LogP contribution is -2.47. The molecule has 0 spiro atoms. The summed E-state index contributed by atoms with van der Waals surface area (Å²) in [7, 11) is 0. The minimum atomic E-state index is -0.959. The van der Waals surface area contributed by atoms with E-state index in [0.717, 1.165) is 19.4 Å². The zero-order valence-electron chi connectivity index (χ0n) is 11.9. The van der Waals surface area contributed by atoms with Gasteiger partial charge >= 0.3 is 12.0 Å². The summed E-state index contributed by atoms with van der Waals surface area (Å²) in [5.41, 5.74) is -0.959. The number of carbonyl (C=O) groups excluding carboxylic acids is 1. The van der Waals surface area contributed by atoms with Gasteiger partial charge in [0.05, 0.1) is 11.5 Å². The molecule has 1 saturated heterocycles. The number of rotatable bonds is 6. The molecular weight excluding hydrogens is 248 g/mol. The Labute approximate surface area is 114 Å². The molecule has 1 unspecified atom stereocenters. The van der Waals surface area contributed by atoms with Gasteiger partial charge in [-0.05, 0) is 33.6 Å². The molecule has 0 radical (unpaired) electrons. The second kappa shape index (κ2) is 6.75. The lowest BCUT2D eigenvalue weighted by molar-refractivity contribution is -0.146. The first-order valence-corrected chi connectivity index (χ1v) is 6.74. The number of hydrogen-bond acceptors (Lipinski definition) is 3. The summed E-state index contributed by atoms with van der Waals surface area (Å²) in [6, 6.07) is -0.229. The Morgan fingerprint density at radius 2 is 2.16 bits per heavy atom. The van der Waals surface area contributed by atoms with Gasteiger partial charge in [-0.3, -0.25) is 4.79 Å². The van der Waals surface area contributed by atoms with Crippen molar-refractivity contribution in [2.24, 2.45) is 5.41 Å². The SMILES string of the molecule is CCN(CC1CCCO1)C(=O)NCC(C)(C)C(=O)O. The fourth-order valence-corrected chi connectivity index (χ4v) is 1.87. The quantitative estimate of drug-likeness (QED) is 0.764. The summed E-state index contributed by atoms with van der Waals surface area (Å²) < 4.78 is 5.50.